The van der Waals surface area contributed by atoms with Gasteiger partial charge in [0.05, 0.1) is 23.3 Å². The fourth-order valence-corrected chi connectivity index (χ4v) is 3.83. The lowest BCUT2D eigenvalue weighted by atomic mass is 10.00. The number of nitrogens with one attached hydrogen (secondary N) is 3. The van der Waals surface area contributed by atoms with Gasteiger partial charge in [0.2, 0.25) is 0 Å². The number of amides is 1. The normalized spacial score (nSPS) is 18.5. The van der Waals surface area contributed by atoms with Gasteiger partial charge in [-0.3, -0.25) is 4.79 Å². The first-order valence-corrected chi connectivity index (χ1v) is 10.6. The van der Waals surface area contributed by atoms with Crippen LogP contribution in [0.3, 0.4) is 0 Å². The largest absolute Gasteiger partial charge is 0.271 e. The Labute approximate surface area is 182 Å². The summed E-state index contributed by atoms with van der Waals surface area (Å²) >= 11 is 0. The predicted octanol–water partition coefficient (Wildman–Crippen LogP) is 3.11. The molecule has 2 unspecified atom stereocenters. The van der Waals surface area contributed by atoms with Gasteiger partial charge in [-0.2, -0.15) is 10.2 Å². The lowest BCUT2D eigenvalue weighted by Crippen LogP contribution is -2.41. The number of para-hydroxylation sites is 1. The molecule has 1 amide bonds. The SMILES string of the molecule is CCc1ccc(C2CC(C(=O)N/N=C/c3c(C)nn(-c4ccccc4)c3C)NN2)cc1. The first kappa shape index (κ1) is 21.0. The molecule has 1 fully saturated rings. The molecule has 2 aromatic carbocycles. The molecule has 0 bridgehead atoms. The first-order chi connectivity index (χ1) is 15.1. The smallest absolute Gasteiger partial charge is 0.258 e. The molecule has 31 heavy (non-hydrogen) atoms. The highest BCUT2D eigenvalue weighted by Gasteiger charge is 2.30. The van der Waals surface area contributed by atoms with Gasteiger partial charge in [0.1, 0.15) is 6.04 Å². The molecule has 4 rings (SSSR count). The topological polar surface area (TPSA) is 83.3 Å². The van der Waals surface area contributed by atoms with Crippen LogP contribution < -0.4 is 16.3 Å². The van der Waals surface area contributed by atoms with Crippen LogP contribution in [-0.4, -0.2) is 27.9 Å². The summed E-state index contributed by atoms with van der Waals surface area (Å²) in [6.45, 7) is 6.07. The molecule has 1 aliphatic heterocycles. The summed E-state index contributed by atoms with van der Waals surface area (Å²) in [5.74, 6) is -0.165. The van der Waals surface area contributed by atoms with E-state index in [-0.39, 0.29) is 18.0 Å². The number of hydrazone groups is 1. The Morgan fingerprint density at radius 1 is 1.16 bits per heavy atom. The van der Waals surface area contributed by atoms with E-state index in [1.165, 1.54) is 11.1 Å². The van der Waals surface area contributed by atoms with Crippen molar-refractivity contribution in [3.63, 3.8) is 0 Å². The standard InChI is InChI=1S/C24H28N6O/c1-4-18-10-12-19(13-11-18)22-14-23(27-26-22)24(31)28-25-15-21-16(2)29-30(17(21)3)20-8-6-5-7-9-20/h5-13,15,22-23,26-27H,4,14H2,1-3H3,(H,28,31)/b25-15+. The minimum Gasteiger partial charge on any atom is -0.271 e. The van der Waals surface area contributed by atoms with Crippen LogP contribution in [0, 0.1) is 13.8 Å². The molecule has 0 spiro atoms. The summed E-state index contributed by atoms with van der Waals surface area (Å²) in [5.41, 5.74) is 15.1. The molecule has 0 radical (unpaired) electrons. The van der Waals surface area contributed by atoms with Crippen LogP contribution in [0.1, 0.15) is 47.5 Å². The van der Waals surface area contributed by atoms with Crippen LogP contribution >= 0.6 is 0 Å². The predicted molar refractivity (Wildman–Crippen MR) is 122 cm³/mol. The molecule has 3 N–H and O–H groups in total. The Balaban J connectivity index is 1.37. The maximum absolute atomic E-state index is 12.6. The van der Waals surface area contributed by atoms with Crippen molar-refractivity contribution >= 4 is 12.1 Å². The molecule has 0 aliphatic carbocycles. The number of benzene rings is 2. The van der Waals surface area contributed by atoms with Crippen LogP contribution in [0.5, 0.6) is 0 Å². The fourth-order valence-electron chi connectivity index (χ4n) is 3.83. The molecule has 7 nitrogen and oxygen atoms in total. The van der Waals surface area contributed by atoms with E-state index in [0.29, 0.717) is 6.42 Å². The highest BCUT2D eigenvalue weighted by atomic mass is 16.2. The van der Waals surface area contributed by atoms with Gasteiger partial charge in [0, 0.05) is 11.6 Å². The molecule has 0 saturated carbocycles. The highest BCUT2D eigenvalue weighted by molar-refractivity contribution is 5.86. The number of rotatable bonds is 6. The second-order valence-corrected chi connectivity index (χ2v) is 7.79. The lowest BCUT2D eigenvalue weighted by molar-refractivity contribution is -0.122. The summed E-state index contributed by atoms with van der Waals surface area (Å²) in [6.07, 6.45) is 3.35. The number of carbonyl (C=O) groups is 1. The summed E-state index contributed by atoms with van der Waals surface area (Å²) in [6, 6.07) is 18.2. The molecule has 1 aliphatic rings. The first-order valence-electron chi connectivity index (χ1n) is 10.6. The number of hydrogen-bond donors (Lipinski definition) is 3. The Kier molecular flexibility index (Phi) is 6.25. The molecule has 160 valence electrons. The average molecular weight is 417 g/mol. The van der Waals surface area contributed by atoms with Crippen molar-refractivity contribution in [2.45, 2.75) is 45.7 Å². The second-order valence-electron chi connectivity index (χ2n) is 7.79. The zero-order valence-corrected chi connectivity index (χ0v) is 18.1. The lowest BCUT2D eigenvalue weighted by Gasteiger charge is -2.10. The van der Waals surface area contributed by atoms with Crippen LogP contribution in [0.15, 0.2) is 59.7 Å². The summed E-state index contributed by atoms with van der Waals surface area (Å²) in [7, 11) is 0. The van der Waals surface area contributed by atoms with Gasteiger partial charge in [-0.15, -0.1) is 0 Å². The van der Waals surface area contributed by atoms with E-state index in [4.69, 9.17) is 0 Å². The third kappa shape index (κ3) is 4.57. The van der Waals surface area contributed by atoms with E-state index in [2.05, 4.69) is 57.7 Å². The molecule has 1 saturated heterocycles. The summed E-state index contributed by atoms with van der Waals surface area (Å²) in [5, 5.41) is 8.79. The second kappa shape index (κ2) is 9.24. The Morgan fingerprint density at radius 3 is 2.61 bits per heavy atom. The summed E-state index contributed by atoms with van der Waals surface area (Å²) < 4.78 is 1.88. The van der Waals surface area contributed by atoms with Gasteiger partial charge in [-0.25, -0.2) is 21.0 Å². The number of hydrazine groups is 1. The fraction of sp³-hybridized carbons (Fsp3) is 0.292. The Bertz CT molecular complexity index is 1070. The van der Waals surface area contributed by atoms with Crippen molar-refractivity contribution < 1.29 is 4.79 Å². The van der Waals surface area contributed by atoms with Crippen molar-refractivity contribution in [1.82, 2.24) is 26.1 Å². The van der Waals surface area contributed by atoms with Gasteiger partial charge in [-0.05, 0) is 49.9 Å². The van der Waals surface area contributed by atoms with Crippen molar-refractivity contribution in [1.29, 1.82) is 0 Å². The molecule has 2 heterocycles. The average Bonchev–Trinajstić information content (AvgIpc) is 3.40. The molecular weight excluding hydrogens is 388 g/mol. The third-order valence-corrected chi connectivity index (χ3v) is 5.73. The maximum Gasteiger partial charge on any atom is 0.258 e. The van der Waals surface area contributed by atoms with Gasteiger partial charge in [0.25, 0.3) is 5.91 Å². The molecular formula is C24H28N6O. The van der Waals surface area contributed by atoms with E-state index in [1.54, 1.807) is 6.21 Å². The number of nitrogens with zero attached hydrogens (tertiary/aromatic N) is 3. The van der Waals surface area contributed by atoms with Crippen molar-refractivity contribution in [3.8, 4) is 5.69 Å². The minimum absolute atomic E-state index is 0.0965. The van der Waals surface area contributed by atoms with Crippen LogP contribution in [0.4, 0.5) is 0 Å². The van der Waals surface area contributed by atoms with E-state index >= 15 is 0 Å². The molecule has 3 aromatic rings. The van der Waals surface area contributed by atoms with Gasteiger partial charge in [-0.1, -0.05) is 49.4 Å². The van der Waals surface area contributed by atoms with Crippen LogP contribution in [-0.2, 0) is 11.2 Å². The van der Waals surface area contributed by atoms with Gasteiger partial charge < -0.3 is 0 Å². The molecule has 1 aromatic heterocycles. The maximum atomic E-state index is 12.6. The molecule has 2 atom stereocenters. The molecule has 7 heteroatoms. The van der Waals surface area contributed by atoms with Crippen molar-refractivity contribution in [2.75, 3.05) is 0 Å². The van der Waals surface area contributed by atoms with E-state index in [9.17, 15) is 4.79 Å². The Hall–Kier alpha value is -3.29. The van der Waals surface area contributed by atoms with Gasteiger partial charge in [0.15, 0.2) is 0 Å². The zero-order valence-electron chi connectivity index (χ0n) is 18.1. The monoisotopic (exact) mass is 416 g/mol. The van der Waals surface area contributed by atoms with Gasteiger partial charge >= 0.3 is 0 Å². The van der Waals surface area contributed by atoms with Crippen molar-refractivity contribution in [2.24, 2.45) is 5.10 Å². The quantitative estimate of drug-likeness (QED) is 0.426. The van der Waals surface area contributed by atoms with E-state index < -0.39 is 0 Å². The number of aromatic nitrogens is 2. The van der Waals surface area contributed by atoms with E-state index in [0.717, 1.165) is 29.1 Å². The number of hydrogen-bond acceptors (Lipinski definition) is 5. The summed E-state index contributed by atoms with van der Waals surface area (Å²) in [4.78, 5) is 12.6. The minimum atomic E-state index is -0.345. The van der Waals surface area contributed by atoms with E-state index in [1.807, 2.05) is 48.9 Å². The Morgan fingerprint density at radius 2 is 1.90 bits per heavy atom. The van der Waals surface area contributed by atoms with Crippen LogP contribution in [0.25, 0.3) is 5.69 Å². The number of carbonyl (C=O) groups excluding carboxylic acids is 1. The highest BCUT2D eigenvalue weighted by Crippen LogP contribution is 2.23. The van der Waals surface area contributed by atoms with Crippen molar-refractivity contribution in [3.05, 3.63) is 82.7 Å². The van der Waals surface area contributed by atoms with Crippen LogP contribution in [0.2, 0.25) is 0 Å². The third-order valence-electron chi connectivity index (χ3n) is 5.73. The number of aryl methyl sites for hydroxylation is 2. The zero-order chi connectivity index (χ0) is 21.8.